The molecule has 0 bridgehead atoms. The number of allylic oxidation sites excluding steroid dienone is 1. The molecule has 0 spiro atoms. The zero-order chi connectivity index (χ0) is 16.4. The molecule has 122 valence electrons. The Kier molecular flexibility index (Phi) is 4.20. The van der Waals surface area contributed by atoms with E-state index < -0.39 is 0 Å². The van der Waals surface area contributed by atoms with Gasteiger partial charge in [-0.05, 0) is 30.9 Å². The molecule has 3 aromatic rings. The summed E-state index contributed by atoms with van der Waals surface area (Å²) in [7, 11) is 0. The topological polar surface area (TPSA) is 17.8 Å². The van der Waals surface area contributed by atoms with Gasteiger partial charge in [0.1, 0.15) is 5.82 Å². The predicted octanol–water partition coefficient (Wildman–Crippen LogP) is 6.01. The fourth-order valence-corrected chi connectivity index (χ4v) is 4.12. The predicted molar refractivity (Wildman–Crippen MR) is 101 cm³/mol. The number of hydrogen-bond acceptors (Lipinski definition) is 1. The SMILES string of the molecule is C=CC(C1CCCCC1)n1c(-c2ccccc2)nc2ccccc21. The van der Waals surface area contributed by atoms with Crippen LogP contribution in [0.4, 0.5) is 0 Å². The van der Waals surface area contributed by atoms with Crippen LogP contribution < -0.4 is 0 Å². The van der Waals surface area contributed by atoms with Crippen molar-refractivity contribution >= 4 is 11.0 Å². The average Bonchev–Trinajstić information content (AvgIpc) is 3.04. The average molecular weight is 316 g/mol. The van der Waals surface area contributed by atoms with Crippen molar-refractivity contribution in [3.63, 3.8) is 0 Å². The van der Waals surface area contributed by atoms with Gasteiger partial charge in [0.25, 0.3) is 0 Å². The maximum Gasteiger partial charge on any atom is 0.141 e. The number of imidazole rings is 1. The van der Waals surface area contributed by atoms with E-state index >= 15 is 0 Å². The van der Waals surface area contributed by atoms with Crippen molar-refractivity contribution in [1.82, 2.24) is 9.55 Å². The van der Waals surface area contributed by atoms with Crippen LogP contribution in [0.25, 0.3) is 22.4 Å². The molecule has 0 saturated heterocycles. The Morgan fingerprint density at radius 1 is 0.958 bits per heavy atom. The first-order valence-corrected chi connectivity index (χ1v) is 9.03. The van der Waals surface area contributed by atoms with Gasteiger partial charge in [-0.15, -0.1) is 6.58 Å². The molecule has 0 N–H and O–H groups in total. The van der Waals surface area contributed by atoms with Crippen LogP contribution >= 0.6 is 0 Å². The highest BCUT2D eigenvalue weighted by Crippen LogP contribution is 2.38. The number of aromatic nitrogens is 2. The van der Waals surface area contributed by atoms with E-state index in [9.17, 15) is 0 Å². The molecular weight excluding hydrogens is 292 g/mol. The molecule has 0 radical (unpaired) electrons. The third kappa shape index (κ3) is 2.66. The van der Waals surface area contributed by atoms with Gasteiger partial charge in [-0.25, -0.2) is 4.98 Å². The van der Waals surface area contributed by atoms with Crippen molar-refractivity contribution in [2.24, 2.45) is 5.92 Å². The van der Waals surface area contributed by atoms with Gasteiger partial charge in [0.15, 0.2) is 0 Å². The highest BCUT2D eigenvalue weighted by atomic mass is 15.1. The van der Waals surface area contributed by atoms with Crippen molar-refractivity contribution in [1.29, 1.82) is 0 Å². The van der Waals surface area contributed by atoms with E-state index in [-0.39, 0.29) is 0 Å². The van der Waals surface area contributed by atoms with Crippen LogP contribution in [0.5, 0.6) is 0 Å². The summed E-state index contributed by atoms with van der Waals surface area (Å²) in [5.74, 6) is 1.73. The number of rotatable bonds is 4. The molecule has 1 aliphatic rings. The van der Waals surface area contributed by atoms with Crippen LogP contribution in [0.3, 0.4) is 0 Å². The molecule has 2 nitrogen and oxygen atoms in total. The summed E-state index contributed by atoms with van der Waals surface area (Å²) in [6.45, 7) is 4.19. The van der Waals surface area contributed by atoms with E-state index in [1.165, 1.54) is 43.2 Å². The third-order valence-corrected chi connectivity index (χ3v) is 5.30. The molecule has 1 aliphatic carbocycles. The maximum absolute atomic E-state index is 4.96. The maximum atomic E-state index is 4.96. The fraction of sp³-hybridized carbons (Fsp3) is 0.318. The summed E-state index contributed by atoms with van der Waals surface area (Å²) in [6.07, 6.45) is 8.76. The fourth-order valence-electron chi connectivity index (χ4n) is 4.12. The first-order chi connectivity index (χ1) is 11.9. The Balaban J connectivity index is 1.89. The minimum Gasteiger partial charge on any atom is -0.317 e. The highest BCUT2D eigenvalue weighted by molar-refractivity contribution is 5.81. The minimum atomic E-state index is 0.313. The largest absolute Gasteiger partial charge is 0.317 e. The van der Waals surface area contributed by atoms with Gasteiger partial charge in [-0.1, -0.05) is 67.8 Å². The lowest BCUT2D eigenvalue weighted by atomic mass is 9.83. The standard InChI is InChI=1S/C22H24N2/c1-2-20(17-11-5-3-6-12-17)24-21-16-10-9-15-19(21)23-22(24)18-13-7-4-8-14-18/h2,4,7-10,13-17,20H,1,3,5-6,11-12H2. The lowest BCUT2D eigenvalue weighted by Crippen LogP contribution is -2.20. The van der Waals surface area contributed by atoms with Gasteiger partial charge in [0.05, 0.1) is 17.1 Å². The highest BCUT2D eigenvalue weighted by Gasteiger charge is 2.26. The van der Waals surface area contributed by atoms with E-state index in [0.717, 1.165) is 11.3 Å². The first kappa shape index (κ1) is 15.2. The van der Waals surface area contributed by atoms with Crippen molar-refractivity contribution in [3.8, 4) is 11.4 Å². The van der Waals surface area contributed by atoms with Gasteiger partial charge in [0.2, 0.25) is 0 Å². The Morgan fingerprint density at radius 3 is 2.42 bits per heavy atom. The quantitative estimate of drug-likeness (QED) is 0.539. The zero-order valence-electron chi connectivity index (χ0n) is 14.1. The van der Waals surface area contributed by atoms with Crippen LogP contribution in [0.15, 0.2) is 67.3 Å². The molecule has 4 rings (SSSR count). The van der Waals surface area contributed by atoms with E-state index in [1.807, 2.05) is 0 Å². The lowest BCUT2D eigenvalue weighted by Gasteiger charge is -2.30. The summed E-state index contributed by atoms with van der Waals surface area (Å²) in [6, 6.07) is 19.3. The molecule has 2 aromatic carbocycles. The molecule has 1 saturated carbocycles. The van der Waals surface area contributed by atoms with Crippen molar-refractivity contribution in [2.45, 2.75) is 38.1 Å². The number of benzene rings is 2. The molecular formula is C22H24N2. The van der Waals surface area contributed by atoms with Crippen LogP contribution in [0.2, 0.25) is 0 Å². The third-order valence-electron chi connectivity index (χ3n) is 5.30. The smallest absolute Gasteiger partial charge is 0.141 e. The summed E-state index contributed by atoms with van der Waals surface area (Å²) >= 11 is 0. The Morgan fingerprint density at radius 2 is 1.67 bits per heavy atom. The van der Waals surface area contributed by atoms with Crippen molar-refractivity contribution in [2.75, 3.05) is 0 Å². The van der Waals surface area contributed by atoms with Gasteiger partial charge < -0.3 is 4.57 Å². The number of hydrogen-bond donors (Lipinski definition) is 0. The normalized spacial score (nSPS) is 17.0. The van der Waals surface area contributed by atoms with Crippen LogP contribution in [0, 0.1) is 5.92 Å². The summed E-state index contributed by atoms with van der Waals surface area (Å²) in [4.78, 5) is 4.96. The Hall–Kier alpha value is -2.35. The second-order valence-electron chi connectivity index (χ2n) is 6.78. The van der Waals surface area contributed by atoms with Crippen LogP contribution in [-0.4, -0.2) is 9.55 Å². The summed E-state index contributed by atoms with van der Waals surface area (Å²) in [5, 5.41) is 0. The monoisotopic (exact) mass is 316 g/mol. The molecule has 1 fully saturated rings. The number of para-hydroxylation sites is 2. The van der Waals surface area contributed by atoms with E-state index in [0.29, 0.717) is 12.0 Å². The van der Waals surface area contributed by atoms with Crippen LogP contribution in [-0.2, 0) is 0 Å². The summed E-state index contributed by atoms with van der Waals surface area (Å²) < 4.78 is 2.42. The molecule has 0 amide bonds. The second-order valence-corrected chi connectivity index (χ2v) is 6.78. The van der Waals surface area contributed by atoms with Gasteiger partial charge in [-0.3, -0.25) is 0 Å². The molecule has 0 aliphatic heterocycles. The van der Waals surface area contributed by atoms with Crippen LogP contribution in [0.1, 0.15) is 38.1 Å². The van der Waals surface area contributed by atoms with E-state index in [4.69, 9.17) is 4.98 Å². The van der Waals surface area contributed by atoms with E-state index in [1.54, 1.807) is 0 Å². The number of nitrogens with zero attached hydrogens (tertiary/aromatic N) is 2. The molecule has 1 heterocycles. The van der Waals surface area contributed by atoms with Gasteiger partial charge >= 0.3 is 0 Å². The molecule has 1 aromatic heterocycles. The molecule has 2 heteroatoms. The van der Waals surface area contributed by atoms with Crippen molar-refractivity contribution < 1.29 is 0 Å². The van der Waals surface area contributed by atoms with Gasteiger partial charge in [0, 0.05) is 5.56 Å². The second kappa shape index (κ2) is 6.64. The van der Waals surface area contributed by atoms with Gasteiger partial charge in [-0.2, -0.15) is 0 Å². The number of fused-ring (bicyclic) bond motifs is 1. The summed E-state index contributed by atoms with van der Waals surface area (Å²) in [5.41, 5.74) is 3.46. The molecule has 24 heavy (non-hydrogen) atoms. The zero-order valence-corrected chi connectivity index (χ0v) is 14.1. The lowest BCUT2D eigenvalue weighted by molar-refractivity contribution is 0.290. The molecule has 1 unspecified atom stereocenters. The Labute approximate surface area is 143 Å². The minimum absolute atomic E-state index is 0.313. The van der Waals surface area contributed by atoms with Crippen molar-refractivity contribution in [3.05, 3.63) is 67.3 Å². The van der Waals surface area contributed by atoms with E-state index in [2.05, 4.69) is 71.8 Å². The molecule has 1 atom stereocenters. The Bertz CT molecular complexity index is 826. The first-order valence-electron chi connectivity index (χ1n) is 9.03.